The topological polar surface area (TPSA) is 86.3 Å². The first-order chi connectivity index (χ1) is 12.2. The minimum absolute atomic E-state index is 0.0193. The first-order valence-electron chi connectivity index (χ1n) is 8.39. The molecule has 2 aromatic heterocycles. The van der Waals surface area contributed by atoms with Gasteiger partial charge < -0.3 is 20.4 Å². The number of piperazine rings is 1. The average molecular weight is 341 g/mol. The van der Waals surface area contributed by atoms with Gasteiger partial charge in [-0.1, -0.05) is 0 Å². The third kappa shape index (κ3) is 5.47. The Bertz CT molecular complexity index is 686. The SMILES string of the molecule is CN1CCN(CCC(=O)Nc2cc(Nc3ccnnc3)ccn2)CC1. The highest BCUT2D eigenvalue weighted by atomic mass is 16.1. The number of anilines is 3. The lowest BCUT2D eigenvalue weighted by atomic mass is 10.3. The van der Waals surface area contributed by atoms with E-state index in [0.717, 1.165) is 44.1 Å². The smallest absolute Gasteiger partial charge is 0.226 e. The Morgan fingerprint density at radius 3 is 2.68 bits per heavy atom. The summed E-state index contributed by atoms with van der Waals surface area (Å²) in [4.78, 5) is 21.0. The number of pyridine rings is 1. The lowest BCUT2D eigenvalue weighted by molar-refractivity contribution is -0.116. The number of likely N-dealkylation sites (N-methyl/N-ethyl adjacent to an activating group) is 1. The van der Waals surface area contributed by atoms with Gasteiger partial charge in [-0.2, -0.15) is 10.2 Å². The highest BCUT2D eigenvalue weighted by Crippen LogP contribution is 2.17. The molecule has 8 nitrogen and oxygen atoms in total. The van der Waals surface area contributed by atoms with Crippen LogP contribution in [0.1, 0.15) is 6.42 Å². The van der Waals surface area contributed by atoms with E-state index in [9.17, 15) is 4.79 Å². The van der Waals surface area contributed by atoms with E-state index in [1.54, 1.807) is 24.7 Å². The van der Waals surface area contributed by atoms with Crippen molar-refractivity contribution >= 4 is 23.1 Å². The molecule has 2 N–H and O–H groups in total. The van der Waals surface area contributed by atoms with Crippen LogP contribution in [-0.2, 0) is 4.79 Å². The van der Waals surface area contributed by atoms with Gasteiger partial charge in [0.05, 0.1) is 18.1 Å². The Hall–Kier alpha value is -2.58. The number of amides is 1. The van der Waals surface area contributed by atoms with Crippen molar-refractivity contribution in [2.45, 2.75) is 6.42 Å². The first kappa shape index (κ1) is 17.2. The van der Waals surface area contributed by atoms with Crippen LogP contribution < -0.4 is 10.6 Å². The van der Waals surface area contributed by atoms with Crippen molar-refractivity contribution in [2.75, 3.05) is 50.4 Å². The van der Waals surface area contributed by atoms with Crippen LogP contribution in [0.25, 0.3) is 0 Å². The van der Waals surface area contributed by atoms with Gasteiger partial charge in [-0.15, -0.1) is 0 Å². The molecule has 0 aromatic carbocycles. The largest absolute Gasteiger partial charge is 0.354 e. The second-order valence-corrected chi connectivity index (χ2v) is 6.13. The van der Waals surface area contributed by atoms with Gasteiger partial charge >= 0.3 is 0 Å². The van der Waals surface area contributed by atoms with Crippen LogP contribution in [0.2, 0.25) is 0 Å². The number of carbonyl (C=O) groups excluding carboxylic acids is 1. The van der Waals surface area contributed by atoms with Gasteiger partial charge in [0, 0.05) is 57.1 Å². The molecule has 0 saturated carbocycles. The molecule has 2 aromatic rings. The van der Waals surface area contributed by atoms with E-state index in [4.69, 9.17) is 0 Å². The molecule has 132 valence electrons. The van der Waals surface area contributed by atoms with Crippen molar-refractivity contribution in [1.29, 1.82) is 0 Å². The molecule has 0 bridgehead atoms. The quantitative estimate of drug-likeness (QED) is 0.816. The molecule has 25 heavy (non-hydrogen) atoms. The highest BCUT2D eigenvalue weighted by Gasteiger charge is 2.14. The van der Waals surface area contributed by atoms with Crippen molar-refractivity contribution in [3.05, 3.63) is 36.8 Å². The van der Waals surface area contributed by atoms with E-state index in [1.165, 1.54) is 0 Å². The summed E-state index contributed by atoms with van der Waals surface area (Å²) in [7, 11) is 2.12. The van der Waals surface area contributed by atoms with Crippen molar-refractivity contribution < 1.29 is 4.79 Å². The van der Waals surface area contributed by atoms with Crippen LogP contribution in [0.5, 0.6) is 0 Å². The zero-order valence-electron chi connectivity index (χ0n) is 14.4. The Morgan fingerprint density at radius 2 is 1.92 bits per heavy atom. The monoisotopic (exact) mass is 341 g/mol. The van der Waals surface area contributed by atoms with Crippen molar-refractivity contribution in [3.8, 4) is 0 Å². The maximum absolute atomic E-state index is 12.2. The molecule has 0 spiro atoms. The molecular weight excluding hydrogens is 318 g/mol. The minimum Gasteiger partial charge on any atom is -0.354 e. The van der Waals surface area contributed by atoms with E-state index in [2.05, 4.69) is 42.7 Å². The van der Waals surface area contributed by atoms with Crippen LogP contribution in [0.15, 0.2) is 36.8 Å². The van der Waals surface area contributed by atoms with Crippen molar-refractivity contribution in [1.82, 2.24) is 25.0 Å². The van der Waals surface area contributed by atoms with Gasteiger partial charge in [0.15, 0.2) is 0 Å². The molecule has 0 radical (unpaired) electrons. The predicted octanol–water partition coefficient (Wildman–Crippen LogP) is 1.19. The van der Waals surface area contributed by atoms with E-state index in [-0.39, 0.29) is 5.91 Å². The first-order valence-corrected chi connectivity index (χ1v) is 8.39. The number of carbonyl (C=O) groups is 1. The summed E-state index contributed by atoms with van der Waals surface area (Å²) in [6, 6.07) is 5.45. The van der Waals surface area contributed by atoms with Gasteiger partial charge in [-0.25, -0.2) is 4.98 Å². The van der Waals surface area contributed by atoms with Crippen LogP contribution in [-0.4, -0.2) is 70.7 Å². The summed E-state index contributed by atoms with van der Waals surface area (Å²) in [5, 5.41) is 13.6. The fourth-order valence-corrected chi connectivity index (χ4v) is 2.64. The number of nitrogens with one attached hydrogen (secondary N) is 2. The molecule has 1 aliphatic heterocycles. The lowest BCUT2D eigenvalue weighted by Gasteiger charge is -2.32. The molecule has 0 atom stereocenters. The number of rotatable bonds is 6. The summed E-state index contributed by atoms with van der Waals surface area (Å²) in [6.45, 7) is 4.92. The Kier molecular flexibility index (Phi) is 5.86. The maximum Gasteiger partial charge on any atom is 0.226 e. The van der Waals surface area contributed by atoms with E-state index in [0.29, 0.717) is 12.2 Å². The van der Waals surface area contributed by atoms with Gasteiger partial charge in [-0.05, 0) is 19.2 Å². The zero-order valence-corrected chi connectivity index (χ0v) is 14.4. The highest BCUT2D eigenvalue weighted by molar-refractivity contribution is 5.90. The van der Waals surface area contributed by atoms with E-state index < -0.39 is 0 Å². The third-order valence-corrected chi connectivity index (χ3v) is 4.15. The molecule has 1 saturated heterocycles. The molecule has 1 fully saturated rings. The third-order valence-electron chi connectivity index (χ3n) is 4.15. The van der Waals surface area contributed by atoms with Crippen molar-refractivity contribution in [2.24, 2.45) is 0 Å². The Labute approximate surface area is 147 Å². The molecule has 8 heteroatoms. The summed E-state index contributed by atoms with van der Waals surface area (Å²) in [5.74, 6) is 0.518. The summed E-state index contributed by atoms with van der Waals surface area (Å²) in [6.07, 6.45) is 5.38. The van der Waals surface area contributed by atoms with Crippen LogP contribution in [0, 0.1) is 0 Å². The number of aromatic nitrogens is 3. The predicted molar refractivity (Wildman–Crippen MR) is 96.7 cm³/mol. The van der Waals surface area contributed by atoms with E-state index in [1.807, 2.05) is 12.1 Å². The van der Waals surface area contributed by atoms with Gasteiger partial charge in [0.25, 0.3) is 0 Å². The molecule has 1 aliphatic rings. The van der Waals surface area contributed by atoms with Gasteiger partial charge in [0.2, 0.25) is 5.91 Å². The Balaban J connectivity index is 1.49. The molecule has 0 aliphatic carbocycles. The number of hydrogen-bond acceptors (Lipinski definition) is 7. The number of hydrogen-bond donors (Lipinski definition) is 2. The van der Waals surface area contributed by atoms with Crippen LogP contribution >= 0.6 is 0 Å². The Morgan fingerprint density at radius 1 is 1.12 bits per heavy atom. The second-order valence-electron chi connectivity index (χ2n) is 6.13. The fraction of sp³-hybridized carbons (Fsp3) is 0.412. The van der Waals surface area contributed by atoms with Crippen LogP contribution in [0.4, 0.5) is 17.2 Å². The molecular formula is C17H23N7O. The number of nitrogens with zero attached hydrogens (tertiary/aromatic N) is 5. The molecule has 1 amide bonds. The maximum atomic E-state index is 12.2. The van der Waals surface area contributed by atoms with Gasteiger partial charge in [0.1, 0.15) is 5.82 Å². The van der Waals surface area contributed by atoms with E-state index >= 15 is 0 Å². The second kappa shape index (κ2) is 8.50. The van der Waals surface area contributed by atoms with Crippen molar-refractivity contribution in [3.63, 3.8) is 0 Å². The van der Waals surface area contributed by atoms with Gasteiger partial charge in [-0.3, -0.25) is 4.79 Å². The average Bonchev–Trinajstić information content (AvgIpc) is 2.62. The fourth-order valence-electron chi connectivity index (χ4n) is 2.64. The summed E-state index contributed by atoms with van der Waals surface area (Å²) < 4.78 is 0. The normalized spacial score (nSPS) is 15.7. The van der Waals surface area contributed by atoms with Crippen LogP contribution in [0.3, 0.4) is 0 Å². The molecule has 3 heterocycles. The zero-order chi connectivity index (χ0) is 17.5. The standard InChI is InChI=1S/C17H23N7O/c1-23-8-10-24(11-9-23)7-4-17(25)22-16-12-14(2-5-18-16)21-15-3-6-19-20-13-15/h2-3,5-6,12-13H,4,7-11H2,1H3,(H2,18,19,21,22,25). The lowest BCUT2D eigenvalue weighted by Crippen LogP contribution is -2.45. The summed E-state index contributed by atoms with van der Waals surface area (Å²) >= 11 is 0. The molecule has 0 unspecified atom stereocenters. The summed E-state index contributed by atoms with van der Waals surface area (Å²) in [5.41, 5.74) is 1.66. The molecule has 3 rings (SSSR count). The minimum atomic E-state index is -0.0193.